The van der Waals surface area contributed by atoms with Crippen LogP contribution < -0.4 is 20.7 Å². The van der Waals surface area contributed by atoms with Crippen molar-refractivity contribution < 1.29 is 52.8 Å². The van der Waals surface area contributed by atoms with Gasteiger partial charge in [-0.3, -0.25) is 9.59 Å². The Morgan fingerprint density at radius 2 is 1.58 bits per heavy atom. The van der Waals surface area contributed by atoms with Crippen molar-refractivity contribution in [2.24, 2.45) is 5.92 Å². The number of amides is 4. The first-order valence-electron chi connectivity index (χ1n) is 19.1. The third kappa shape index (κ3) is 15.4. The second-order valence-corrected chi connectivity index (χ2v) is 15.1. The lowest BCUT2D eigenvalue weighted by Crippen LogP contribution is -2.60. The quantitative estimate of drug-likeness (QED) is 0.0787. The van der Waals surface area contributed by atoms with Gasteiger partial charge in [0, 0.05) is 25.3 Å². The van der Waals surface area contributed by atoms with Crippen LogP contribution in [0.5, 0.6) is 5.75 Å². The molecule has 1 heterocycles. The summed E-state index contributed by atoms with van der Waals surface area (Å²) in [6.45, 7) is 4.37. The molecule has 0 aromatic heterocycles. The van der Waals surface area contributed by atoms with Crippen LogP contribution in [0.25, 0.3) is 0 Å². The maximum absolute atomic E-state index is 14.2. The Morgan fingerprint density at radius 3 is 2.25 bits per heavy atom. The van der Waals surface area contributed by atoms with Crippen molar-refractivity contribution >= 4 is 41.7 Å². The molecule has 4 amide bonds. The highest BCUT2D eigenvalue weighted by Crippen LogP contribution is 2.29. The van der Waals surface area contributed by atoms with E-state index in [0.717, 1.165) is 37.7 Å². The average Bonchev–Trinajstić information content (AvgIpc) is 3.19. The van der Waals surface area contributed by atoms with Crippen LogP contribution in [0.2, 0.25) is 0 Å². The van der Waals surface area contributed by atoms with Gasteiger partial charge in [0.05, 0.1) is 25.4 Å². The molecule has 2 fully saturated rings. The highest BCUT2D eigenvalue weighted by atomic mass is 32.2. The standard InChI is InChI=1S/C39H53N5O12S/c1-26(2)54-37(47)34(56-39(49)55-30-16-10-15-29(21-30)24-53-44(50)51)31(22-27-11-6-4-7-12-27)40-36(46)33(25-57-3)41-35(45)32(23-28-13-8-5-9-14-28)42-38(48)43-17-19-52-20-18-43/h5,8-10,13-16,21,26-27,31-34H,4,6-7,11-12,17-20,22-25H2,1-3H3,(H,40,46)(H,41,45)(H,42,48)/t31-,32-,33-,34-/m0/s1. The second kappa shape index (κ2) is 23.2. The lowest BCUT2D eigenvalue weighted by Gasteiger charge is -2.32. The molecule has 4 rings (SSSR count). The summed E-state index contributed by atoms with van der Waals surface area (Å²) in [6, 6.07) is 11.3. The van der Waals surface area contributed by atoms with Gasteiger partial charge >= 0.3 is 18.2 Å². The van der Waals surface area contributed by atoms with E-state index in [1.807, 2.05) is 30.3 Å². The Kier molecular flexibility index (Phi) is 18.2. The summed E-state index contributed by atoms with van der Waals surface area (Å²) in [5.41, 5.74) is 1.13. The maximum Gasteiger partial charge on any atom is 0.514 e. The van der Waals surface area contributed by atoms with E-state index in [1.165, 1.54) is 36.0 Å². The fourth-order valence-electron chi connectivity index (χ4n) is 6.66. The van der Waals surface area contributed by atoms with E-state index >= 15 is 0 Å². The van der Waals surface area contributed by atoms with Crippen molar-refractivity contribution in [2.45, 2.75) is 95.7 Å². The van der Waals surface area contributed by atoms with Crippen LogP contribution in [0.1, 0.15) is 63.5 Å². The van der Waals surface area contributed by atoms with E-state index < -0.39 is 65.4 Å². The van der Waals surface area contributed by atoms with Gasteiger partial charge < -0.3 is 44.6 Å². The van der Waals surface area contributed by atoms with E-state index in [0.29, 0.717) is 31.9 Å². The van der Waals surface area contributed by atoms with Gasteiger partial charge in [0.2, 0.25) is 17.9 Å². The zero-order chi connectivity index (χ0) is 41.2. The fraction of sp³-hybridized carbons (Fsp3) is 0.564. The third-order valence-electron chi connectivity index (χ3n) is 9.41. The summed E-state index contributed by atoms with van der Waals surface area (Å²) >= 11 is 1.31. The molecule has 1 aliphatic carbocycles. The molecule has 2 aromatic carbocycles. The molecule has 0 bridgehead atoms. The number of esters is 1. The topological polar surface area (TPSA) is 214 Å². The number of urea groups is 1. The molecule has 0 spiro atoms. The molecule has 0 unspecified atom stereocenters. The van der Waals surface area contributed by atoms with Crippen LogP contribution in [0, 0.1) is 16.0 Å². The predicted molar refractivity (Wildman–Crippen MR) is 209 cm³/mol. The molecule has 0 radical (unpaired) electrons. The summed E-state index contributed by atoms with van der Waals surface area (Å²) < 4.78 is 21.9. The van der Waals surface area contributed by atoms with Crippen molar-refractivity contribution in [3.8, 4) is 5.75 Å². The zero-order valence-corrected chi connectivity index (χ0v) is 33.4. The number of hydrogen-bond acceptors (Lipinski definition) is 13. The molecule has 3 N–H and O–H groups in total. The van der Waals surface area contributed by atoms with Gasteiger partial charge in [-0.2, -0.15) is 11.8 Å². The molecule has 312 valence electrons. The van der Waals surface area contributed by atoms with Crippen LogP contribution >= 0.6 is 11.8 Å². The van der Waals surface area contributed by atoms with Crippen molar-refractivity contribution in [2.75, 3.05) is 38.3 Å². The number of rotatable bonds is 19. The Labute approximate surface area is 336 Å². The first kappa shape index (κ1) is 44.6. The van der Waals surface area contributed by atoms with Crippen molar-refractivity contribution in [1.82, 2.24) is 20.9 Å². The Morgan fingerprint density at radius 1 is 0.895 bits per heavy atom. The highest BCUT2D eigenvalue weighted by molar-refractivity contribution is 7.98. The molecular formula is C39H53N5O12S. The largest absolute Gasteiger partial charge is 0.514 e. The Bertz CT molecular complexity index is 1640. The number of carbonyl (C=O) groups excluding carboxylic acids is 5. The highest BCUT2D eigenvalue weighted by Gasteiger charge is 2.39. The molecule has 4 atom stereocenters. The molecule has 2 aromatic rings. The average molecular weight is 816 g/mol. The molecule has 1 saturated carbocycles. The van der Waals surface area contributed by atoms with Crippen LogP contribution in [0.15, 0.2) is 54.6 Å². The maximum atomic E-state index is 14.2. The van der Waals surface area contributed by atoms with E-state index in [1.54, 1.807) is 25.0 Å². The van der Waals surface area contributed by atoms with Crippen molar-refractivity contribution in [3.63, 3.8) is 0 Å². The lowest BCUT2D eigenvalue weighted by atomic mass is 9.83. The minimum Gasteiger partial charge on any atom is -0.460 e. The van der Waals surface area contributed by atoms with Crippen LogP contribution in [0.3, 0.4) is 0 Å². The smallest absolute Gasteiger partial charge is 0.460 e. The minimum atomic E-state index is -1.64. The summed E-state index contributed by atoms with van der Waals surface area (Å²) in [5, 5.41) is 18.3. The van der Waals surface area contributed by atoms with Crippen molar-refractivity contribution in [3.05, 3.63) is 75.8 Å². The van der Waals surface area contributed by atoms with Crippen LogP contribution in [-0.4, -0.2) is 109 Å². The summed E-state index contributed by atoms with van der Waals surface area (Å²) in [6.07, 6.45) is 3.30. The molecular weight excluding hydrogens is 763 g/mol. The first-order chi connectivity index (χ1) is 27.4. The number of carbonyl (C=O) groups is 5. The van der Waals surface area contributed by atoms with Gasteiger partial charge in [-0.15, -0.1) is 10.1 Å². The van der Waals surface area contributed by atoms with Crippen LogP contribution in [0.4, 0.5) is 9.59 Å². The summed E-state index contributed by atoms with van der Waals surface area (Å²) in [7, 11) is 0. The number of benzene rings is 2. The third-order valence-corrected chi connectivity index (χ3v) is 10.1. The van der Waals surface area contributed by atoms with E-state index in [9.17, 15) is 34.1 Å². The molecule has 17 nitrogen and oxygen atoms in total. The fourth-order valence-corrected chi connectivity index (χ4v) is 7.22. The number of nitrogens with one attached hydrogen (secondary N) is 3. The SMILES string of the molecule is CSC[C@H](NC(=O)[C@H](Cc1ccccc1)NC(=O)N1CCOCC1)C(=O)N[C@@H](CC1CCCCC1)[C@H](OC(=O)Oc1cccc(CO[N+](=O)[O-])c1)C(=O)OC(C)C. The molecule has 2 aliphatic rings. The first-order valence-corrected chi connectivity index (χ1v) is 20.5. The number of nitrogens with zero attached hydrogens (tertiary/aromatic N) is 2. The van der Waals surface area contributed by atoms with E-state index in [4.69, 9.17) is 18.9 Å². The monoisotopic (exact) mass is 815 g/mol. The molecule has 18 heteroatoms. The predicted octanol–water partition coefficient (Wildman–Crippen LogP) is 4.19. The van der Waals surface area contributed by atoms with Gasteiger partial charge in [-0.05, 0) is 55.7 Å². The lowest BCUT2D eigenvalue weighted by molar-refractivity contribution is -0.763. The normalized spacial score (nSPS) is 16.6. The van der Waals surface area contributed by atoms with E-state index in [-0.39, 0.29) is 36.9 Å². The zero-order valence-electron chi connectivity index (χ0n) is 32.6. The molecule has 57 heavy (non-hydrogen) atoms. The van der Waals surface area contributed by atoms with Gasteiger partial charge in [0.25, 0.3) is 5.09 Å². The molecule has 1 saturated heterocycles. The summed E-state index contributed by atoms with van der Waals surface area (Å²) in [4.78, 5) is 85.0. The van der Waals surface area contributed by atoms with Gasteiger partial charge in [-0.1, -0.05) is 74.6 Å². The van der Waals surface area contributed by atoms with Gasteiger partial charge in [0.1, 0.15) is 24.4 Å². The Hall–Kier alpha value is -5.10. The number of hydrogen-bond donors (Lipinski definition) is 3. The second-order valence-electron chi connectivity index (χ2n) is 14.2. The Balaban J connectivity index is 1.56. The van der Waals surface area contributed by atoms with Crippen LogP contribution in [-0.2, 0) is 46.5 Å². The number of morpholine rings is 1. The van der Waals surface area contributed by atoms with Crippen molar-refractivity contribution in [1.29, 1.82) is 0 Å². The minimum absolute atomic E-state index is 0.0261. The number of ether oxygens (including phenoxy) is 4. The van der Waals surface area contributed by atoms with Gasteiger partial charge in [-0.25, -0.2) is 14.4 Å². The van der Waals surface area contributed by atoms with E-state index in [2.05, 4.69) is 20.8 Å². The number of thioether (sulfide) groups is 1. The summed E-state index contributed by atoms with van der Waals surface area (Å²) in [5.74, 6) is -1.93. The van der Waals surface area contributed by atoms with Gasteiger partial charge in [0.15, 0.2) is 0 Å². The molecule has 1 aliphatic heterocycles.